The summed E-state index contributed by atoms with van der Waals surface area (Å²) in [6.07, 6.45) is 3.96. The lowest BCUT2D eigenvalue weighted by Crippen LogP contribution is -2.34. The average molecular weight is 189 g/mol. The molecule has 1 saturated heterocycles. The first-order valence-corrected chi connectivity index (χ1v) is 5.58. The summed E-state index contributed by atoms with van der Waals surface area (Å²) in [4.78, 5) is 0. The molecule has 0 saturated carbocycles. The summed E-state index contributed by atoms with van der Waals surface area (Å²) in [5, 5.41) is 3.65. The summed E-state index contributed by atoms with van der Waals surface area (Å²) < 4.78 is 0. The van der Waals surface area contributed by atoms with E-state index in [0.29, 0.717) is 12.1 Å². The van der Waals surface area contributed by atoms with Crippen LogP contribution in [0, 0.1) is 6.92 Å². The first-order valence-electron chi connectivity index (χ1n) is 5.58. The highest BCUT2D eigenvalue weighted by molar-refractivity contribution is 5.24. The van der Waals surface area contributed by atoms with Crippen molar-refractivity contribution in [3.63, 3.8) is 0 Å². The fraction of sp³-hybridized carbons (Fsp3) is 0.538. The van der Waals surface area contributed by atoms with Crippen LogP contribution in [0.4, 0.5) is 0 Å². The van der Waals surface area contributed by atoms with Crippen LogP contribution in [0.5, 0.6) is 0 Å². The molecule has 0 aromatic heterocycles. The van der Waals surface area contributed by atoms with E-state index in [1.807, 2.05) is 0 Å². The molecule has 2 rings (SSSR count). The SMILES string of the molecule is Cc1ccc(C2CCCC(C)N2)cc1. The third-order valence-corrected chi connectivity index (χ3v) is 3.10. The minimum absolute atomic E-state index is 0.583. The molecule has 1 N–H and O–H groups in total. The van der Waals surface area contributed by atoms with Crippen molar-refractivity contribution >= 4 is 0 Å². The summed E-state index contributed by atoms with van der Waals surface area (Å²) in [6.45, 7) is 4.42. The molecule has 2 atom stereocenters. The summed E-state index contributed by atoms with van der Waals surface area (Å²) in [6, 6.07) is 10.2. The molecule has 0 radical (unpaired) electrons. The number of hydrogen-bond donors (Lipinski definition) is 1. The van der Waals surface area contributed by atoms with Crippen LogP contribution in [0.3, 0.4) is 0 Å². The number of piperidine rings is 1. The summed E-state index contributed by atoms with van der Waals surface area (Å²) in [7, 11) is 0. The Morgan fingerprint density at radius 1 is 1.14 bits per heavy atom. The van der Waals surface area contributed by atoms with Gasteiger partial charge in [0.05, 0.1) is 0 Å². The van der Waals surface area contributed by atoms with E-state index in [9.17, 15) is 0 Å². The van der Waals surface area contributed by atoms with Gasteiger partial charge in [0.25, 0.3) is 0 Å². The zero-order valence-electron chi connectivity index (χ0n) is 9.09. The highest BCUT2D eigenvalue weighted by atomic mass is 15.0. The minimum Gasteiger partial charge on any atom is -0.307 e. The van der Waals surface area contributed by atoms with Gasteiger partial charge in [-0.3, -0.25) is 0 Å². The smallest absolute Gasteiger partial charge is 0.0322 e. The molecule has 14 heavy (non-hydrogen) atoms. The van der Waals surface area contributed by atoms with Crippen molar-refractivity contribution in [2.75, 3.05) is 0 Å². The summed E-state index contributed by atoms with van der Waals surface area (Å²) in [5.74, 6) is 0. The van der Waals surface area contributed by atoms with E-state index in [-0.39, 0.29) is 0 Å². The standard InChI is InChI=1S/C13H19N/c1-10-6-8-12(9-7-10)13-5-3-4-11(2)14-13/h6-9,11,13-14H,3-5H2,1-2H3. The second-order valence-corrected chi connectivity index (χ2v) is 4.46. The maximum Gasteiger partial charge on any atom is 0.0322 e. The highest BCUT2D eigenvalue weighted by Gasteiger charge is 2.18. The van der Waals surface area contributed by atoms with Gasteiger partial charge in [-0.2, -0.15) is 0 Å². The zero-order chi connectivity index (χ0) is 9.97. The lowest BCUT2D eigenvalue weighted by molar-refractivity contribution is 0.341. The first-order chi connectivity index (χ1) is 6.75. The Bertz CT molecular complexity index is 289. The normalized spacial score (nSPS) is 27.6. The molecule has 1 aliphatic rings. The van der Waals surface area contributed by atoms with Crippen molar-refractivity contribution in [1.82, 2.24) is 5.32 Å². The molecule has 1 nitrogen and oxygen atoms in total. The summed E-state index contributed by atoms with van der Waals surface area (Å²) >= 11 is 0. The molecular formula is C13H19N. The number of hydrogen-bond acceptors (Lipinski definition) is 1. The van der Waals surface area contributed by atoms with E-state index in [4.69, 9.17) is 0 Å². The molecule has 76 valence electrons. The lowest BCUT2D eigenvalue weighted by Gasteiger charge is -2.29. The van der Waals surface area contributed by atoms with Crippen LogP contribution in [0.15, 0.2) is 24.3 Å². The second kappa shape index (κ2) is 4.14. The van der Waals surface area contributed by atoms with Gasteiger partial charge in [0.1, 0.15) is 0 Å². The van der Waals surface area contributed by atoms with E-state index in [1.165, 1.54) is 30.4 Å². The molecule has 1 heteroatoms. The lowest BCUT2D eigenvalue weighted by atomic mass is 9.94. The fourth-order valence-electron chi connectivity index (χ4n) is 2.20. The molecule has 1 aliphatic heterocycles. The molecule has 1 aromatic carbocycles. The largest absolute Gasteiger partial charge is 0.307 e. The maximum absolute atomic E-state index is 3.65. The van der Waals surface area contributed by atoms with Gasteiger partial charge in [-0.1, -0.05) is 36.2 Å². The van der Waals surface area contributed by atoms with Gasteiger partial charge in [-0.25, -0.2) is 0 Å². The maximum atomic E-state index is 3.65. The molecule has 2 unspecified atom stereocenters. The molecule has 0 bridgehead atoms. The molecular weight excluding hydrogens is 170 g/mol. The third kappa shape index (κ3) is 2.16. The Kier molecular flexibility index (Phi) is 2.87. The monoisotopic (exact) mass is 189 g/mol. The van der Waals surface area contributed by atoms with E-state index >= 15 is 0 Å². The fourth-order valence-corrected chi connectivity index (χ4v) is 2.20. The van der Waals surface area contributed by atoms with Crippen molar-refractivity contribution in [1.29, 1.82) is 0 Å². The second-order valence-electron chi connectivity index (χ2n) is 4.46. The Morgan fingerprint density at radius 3 is 2.50 bits per heavy atom. The van der Waals surface area contributed by atoms with E-state index < -0.39 is 0 Å². The van der Waals surface area contributed by atoms with Crippen molar-refractivity contribution in [3.8, 4) is 0 Å². The average Bonchev–Trinajstić information content (AvgIpc) is 2.19. The van der Waals surface area contributed by atoms with Crippen molar-refractivity contribution in [3.05, 3.63) is 35.4 Å². The predicted octanol–water partition coefficient (Wildman–Crippen LogP) is 3.20. The van der Waals surface area contributed by atoms with Crippen molar-refractivity contribution in [2.24, 2.45) is 0 Å². The Labute approximate surface area is 86.5 Å². The van der Waals surface area contributed by atoms with E-state index in [1.54, 1.807) is 0 Å². The van der Waals surface area contributed by atoms with Gasteiger partial charge in [-0.15, -0.1) is 0 Å². The zero-order valence-corrected chi connectivity index (χ0v) is 9.09. The van der Waals surface area contributed by atoms with Gasteiger partial charge < -0.3 is 5.32 Å². The van der Waals surface area contributed by atoms with Gasteiger partial charge in [0.15, 0.2) is 0 Å². The minimum atomic E-state index is 0.583. The van der Waals surface area contributed by atoms with Crippen LogP contribution in [-0.4, -0.2) is 6.04 Å². The van der Waals surface area contributed by atoms with E-state index in [0.717, 1.165) is 0 Å². The highest BCUT2D eigenvalue weighted by Crippen LogP contribution is 2.25. The Balaban J connectivity index is 2.10. The van der Waals surface area contributed by atoms with Crippen LogP contribution in [0.1, 0.15) is 43.4 Å². The summed E-state index contributed by atoms with van der Waals surface area (Å²) in [5.41, 5.74) is 2.79. The van der Waals surface area contributed by atoms with Gasteiger partial charge in [-0.05, 0) is 32.3 Å². The van der Waals surface area contributed by atoms with Gasteiger partial charge in [0.2, 0.25) is 0 Å². The first kappa shape index (κ1) is 9.72. The Hall–Kier alpha value is -0.820. The topological polar surface area (TPSA) is 12.0 Å². The number of nitrogens with one attached hydrogen (secondary N) is 1. The van der Waals surface area contributed by atoms with Crippen LogP contribution < -0.4 is 5.32 Å². The predicted molar refractivity (Wildman–Crippen MR) is 60.4 cm³/mol. The molecule has 0 amide bonds. The quantitative estimate of drug-likeness (QED) is 0.715. The molecule has 1 aromatic rings. The van der Waals surface area contributed by atoms with Gasteiger partial charge in [0, 0.05) is 12.1 Å². The van der Waals surface area contributed by atoms with E-state index in [2.05, 4.69) is 43.4 Å². The number of aryl methyl sites for hydroxylation is 1. The van der Waals surface area contributed by atoms with Crippen molar-refractivity contribution < 1.29 is 0 Å². The molecule has 1 heterocycles. The van der Waals surface area contributed by atoms with Gasteiger partial charge >= 0.3 is 0 Å². The third-order valence-electron chi connectivity index (χ3n) is 3.10. The molecule has 0 spiro atoms. The van der Waals surface area contributed by atoms with Crippen LogP contribution in [0.2, 0.25) is 0 Å². The molecule has 1 fully saturated rings. The van der Waals surface area contributed by atoms with Crippen molar-refractivity contribution in [2.45, 2.75) is 45.2 Å². The van der Waals surface area contributed by atoms with Crippen LogP contribution in [-0.2, 0) is 0 Å². The number of benzene rings is 1. The number of rotatable bonds is 1. The van der Waals surface area contributed by atoms with Crippen LogP contribution >= 0.6 is 0 Å². The van der Waals surface area contributed by atoms with Crippen LogP contribution in [0.25, 0.3) is 0 Å². The molecule has 0 aliphatic carbocycles. The Morgan fingerprint density at radius 2 is 1.86 bits per heavy atom.